The van der Waals surface area contributed by atoms with Gasteiger partial charge in [0.05, 0.1) is 16.3 Å². The van der Waals surface area contributed by atoms with Gasteiger partial charge in [-0.15, -0.1) is 11.3 Å². The lowest BCUT2D eigenvalue weighted by Gasteiger charge is -2.25. The lowest BCUT2D eigenvalue weighted by Crippen LogP contribution is -2.30. The van der Waals surface area contributed by atoms with Crippen molar-refractivity contribution in [3.05, 3.63) is 108 Å². The molecule has 1 aliphatic heterocycles. The highest BCUT2D eigenvalue weighted by Gasteiger charge is 2.17. The Labute approximate surface area is 173 Å². The van der Waals surface area contributed by atoms with Crippen molar-refractivity contribution < 1.29 is 0 Å². The Kier molecular flexibility index (Phi) is 3.74. The van der Waals surface area contributed by atoms with Gasteiger partial charge < -0.3 is 5.32 Å². The van der Waals surface area contributed by atoms with Crippen LogP contribution < -0.4 is 5.32 Å². The maximum Gasteiger partial charge on any atom is 0.124 e. The number of nitrogens with one attached hydrogen (secondary N) is 1. The van der Waals surface area contributed by atoms with Crippen molar-refractivity contribution in [2.24, 2.45) is 0 Å². The Morgan fingerprint density at radius 3 is 2.69 bits per heavy atom. The van der Waals surface area contributed by atoms with Crippen LogP contribution in [0, 0.1) is 0 Å². The van der Waals surface area contributed by atoms with Gasteiger partial charge in [0.2, 0.25) is 0 Å². The van der Waals surface area contributed by atoms with Crippen LogP contribution in [0.15, 0.2) is 103 Å². The zero-order valence-corrected chi connectivity index (χ0v) is 16.5. The summed E-state index contributed by atoms with van der Waals surface area (Å²) in [6.45, 7) is 0. The van der Waals surface area contributed by atoms with Gasteiger partial charge >= 0.3 is 0 Å². The fourth-order valence-corrected chi connectivity index (χ4v) is 4.99. The molecule has 0 radical (unpaired) electrons. The fourth-order valence-electron chi connectivity index (χ4n) is 4.00. The molecule has 2 nitrogen and oxygen atoms in total. The maximum absolute atomic E-state index is 5.01. The molecule has 0 fully saturated rings. The standard InChI is InChI=1S/C26H18N2S/c1-2-7-19(8-3-1)26-28-25-21-16-20(11-10-17(21)13-15-24(25)29-26)23-14-12-18-6-4-5-9-22(18)27-23/h1-16,22,27H. The fraction of sp³-hybridized carbons (Fsp3) is 0.0385. The second kappa shape index (κ2) is 6.57. The first-order valence-corrected chi connectivity index (χ1v) is 10.6. The molecule has 1 aromatic heterocycles. The number of benzene rings is 3. The molecule has 1 N–H and O–H groups in total. The van der Waals surface area contributed by atoms with Crippen molar-refractivity contribution in [2.75, 3.05) is 0 Å². The van der Waals surface area contributed by atoms with Crippen molar-refractivity contribution in [3.8, 4) is 10.6 Å². The minimum absolute atomic E-state index is 0.246. The Morgan fingerprint density at radius 2 is 1.76 bits per heavy atom. The molecule has 1 aliphatic carbocycles. The van der Waals surface area contributed by atoms with Crippen molar-refractivity contribution in [3.63, 3.8) is 0 Å². The van der Waals surface area contributed by atoms with E-state index in [9.17, 15) is 0 Å². The first-order valence-electron chi connectivity index (χ1n) is 9.77. The number of fused-ring (bicyclic) bond motifs is 4. The van der Waals surface area contributed by atoms with Gasteiger partial charge in [0.15, 0.2) is 0 Å². The summed E-state index contributed by atoms with van der Waals surface area (Å²) >= 11 is 1.75. The minimum atomic E-state index is 0.246. The second-order valence-electron chi connectivity index (χ2n) is 7.35. The van der Waals surface area contributed by atoms with Gasteiger partial charge in [-0.05, 0) is 34.7 Å². The van der Waals surface area contributed by atoms with Crippen LogP contribution in [0.3, 0.4) is 0 Å². The SMILES string of the molecule is C1=CC2=CC=C(c3ccc4ccc5sc(-c6ccccc6)nc5c4c3)NC2C=C1. The highest BCUT2D eigenvalue weighted by Crippen LogP contribution is 2.35. The second-order valence-corrected chi connectivity index (χ2v) is 8.38. The Bertz CT molecular complexity index is 1370. The number of allylic oxidation sites excluding steroid dienone is 4. The number of hydrogen-bond donors (Lipinski definition) is 1. The average Bonchev–Trinajstić information content (AvgIpc) is 3.24. The normalized spacial score (nSPS) is 17.7. The number of thiazole rings is 1. The Hall–Kier alpha value is -3.43. The molecule has 0 amide bonds. The minimum Gasteiger partial charge on any atom is -0.374 e. The van der Waals surface area contributed by atoms with Gasteiger partial charge in [-0.1, -0.05) is 78.9 Å². The lowest BCUT2D eigenvalue weighted by atomic mass is 9.95. The van der Waals surface area contributed by atoms with Gasteiger partial charge in [-0.2, -0.15) is 0 Å². The third-order valence-electron chi connectivity index (χ3n) is 5.52. The smallest absolute Gasteiger partial charge is 0.124 e. The summed E-state index contributed by atoms with van der Waals surface area (Å²) in [5, 5.41) is 7.15. The van der Waals surface area contributed by atoms with Gasteiger partial charge in [0.25, 0.3) is 0 Å². The Balaban J connectivity index is 1.48. The number of dihydropyridines is 1. The molecule has 2 aliphatic rings. The van der Waals surface area contributed by atoms with Crippen LogP contribution in [0.5, 0.6) is 0 Å². The summed E-state index contributed by atoms with van der Waals surface area (Å²) in [5.41, 5.74) is 5.89. The highest BCUT2D eigenvalue weighted by molar-refractivity contribution is 7.21. The number of hydrogen-bond acceptors (Lipinski definition) is 3. The largest absolute Gasteiger partial charge is 0.374 e. The van der Waals surface area contributed by atoms with E-state index in [1.165, 1.54) is 32.2 Å². The van der Waals surface area contributed by atoms with Crippen LogP contribution in [0.2, 0.25) is 0 Å². The van der Waals surface area contributed by atoms with E-state index >= 15 is 0 Å². The molecule has 0 spiro atoms. The van der Waals surface area contributed by atoms with Gasteiger partial charge in [0.1, 0.15) is 5.01 Å². The molecule has 3 aromatic carbocycles. The van der Waals surface area contributed by atoms with Crippen LogP contribution in [0.1, 0.15) is 5.56 Å². The van der Waals surface area contributed by atoms with Crippen molar-refractivity contribution in [2.45, 2.75) is 6.04 Å². The zero-order valence-electron chi connectivity index (χ0n) is 15.7. The first kappa shape index (κ1) is 16.5. The lowest BCUT2D eigenvalue weighted by molar-refractivity contribution is 0.813. The van der Waals surface area contributed by atoms with Crippen LogP contribution >= 0.6 is 11.3 Å². The van der Waals surface area contributed by atoms with Crippen LogP contribution in [-0.2, 0) is 0 Å². The summed E-state index contributed by atoms with van der Waals surface area (Å²) in [5.74, 6) is 0. The Morgan fingerprint density at radius 1 is 0.862 bits per heavy atom. The third kappa shape index (κ3) is 2.82. The van der Waals surface area contributed by atoms with E-state index in [2.05, 4.69) is 96.4 Å². The molecular weight excluding hydrogens is 372 g/mol. The predicted molar refractivity (Wildman–Crippen MR) is 124 cm³/mol. The molecular formula is C26H18N2S. The molecule has 3 heteroatoms. The average molecular weight is 391 g/mol. The molecule has 0 saturated carbocycles. The van der Waals surface area contributed by atoms with E-state index < -0.39 is 0 Å². The van der Waals surface area contributed by atoms with E-state index in [-0.39, 0.29) is 6.04 Å². The van der Waals surface area contributed by atoms with Crippen LogP contribution in [-0.4, -0.2) is 11.0 Å². The zero-order chi connectivity index (χ0) is 19.2. The number of rotatable bonds is 2. The quantitative estimate of drug-likeness (QED) is 0.424. The van der Waals surface area contributed by atoms with Crippen molar-refractivity contribution in [1.82, 2.24) is 10.3 Å². The van der Waals surface area contributed by atoms with Crippen molar-refractivity contribution >= 4 is 38.0 Å². The van der Waals surface area contributed by atoms with E-state index in [1.54, 1.807) is 11.3 Å². The highest BCUT2D eigenvalue weighted by atomic mass is 32.1. The first-order chi connectivity index (χ1) is 14.3. The van der Waals surface area contributed by atoms with E-state index in [4.69, 9.17) is 4.98 Å². The summed E-state index contributed by atoms with van der Waals surface area (Å²) in [6, 6.07) is 21.7. The molecule has 4 aromatic rings. The predicted octanol–water partition coefficient (Wildman–Crippen LogP) is 6.48. The van der Waals surface area contributed by atoms with Crippen molar-refractivity contribution in [1.29, 1.82) is 0 Å². The summed E-state index contributed by atoms with van der Waals surface area (Å²) in [7, 11) is 0. The molecule has 6 rings (SSSR count). The monoisotopic (exact) mass is 390 g/mol. The van der Waals surface area contributed by atoms with E-state index in [0.717, 1.165) is 16.2 Å². The van der Waals surface area contributed by atoms with Gasteiger partial charge in [-0.25, -0.2) is 4.98 Å². The topological polar surface area (TPSA) is 24.9 Å². The molecule has 0 saturated heterocycles. The van der Waals surface area contributed by atoms with E-state index in [1.807, 2.05) is 6.07 Å². The van der Waals surface area contributed by atoms with Crippen LogP contribution in [0.4, 0.5) is 0 Å². The summed E-state index contributed by atoms with van der Waals surface area (Å²) in [6.07, 6.45) is 12.9. The number of nitrogens with zero attached hydrogens (tertiary/aromatic N) is 1. The molecule has 1 unspecified atom stereocenters. The van der Waals surface area contributed by atoms with Gasteiger partial charge in [-0.3, -0.25) is 0 Å². The third-order valence-corrected chi connectivity index (χ3v) is 6.59. The van der Waals surface area contributed by atoms with Crippen LogP contribution in [0.25, 0.3) is 37.3 Å². The molecule has 2 heterocycles. The van der Waals surface area contributed by atoms with E-state index in [0.29, 0.717) is 0 Å². The summed E-state index contributed by atoms with van der Waals surface area (Å²) < 4.78 is 1.22. The summed E-state index contributed by atoms with van der Waals surface area (Å²) in [4.78, 5) is 5.01. The number of aromatic nitrogens is 1. The molecule has 1 atom stereocenters. The maximum atomic E-state index is 5.01. The van der Waals surface area contributed by atoms with Gasteiger partial charge in [0, 0.05) is 16.6 Å². The molecule has 29 heavy (non-hydrogen) atoms. The molecule has 138 valence electrons. The molecule has 0 bridgehead atoms.